The molecule has 0 unspecified atom stereocenters. The number of methoxy groups -OCH3 is 1. The topological polar surface area (TPSA) is 77.0 Å². The van der Waals surface area contributed by atoms with Crippen LogP contribution in [0.25, 0.3) is 22.3 Å². The van der Waals surface area contributed by atoms with Crippen LogP contribution in [0.3, 0.4) is 0 Å². The van der Waals surface area contributed by atoms with E-state index in [1.807, 2.05) is 37.3 Å². The molecule has 0 spiro atoms. The Morgan fingerprint density at radius 1 is 1.16 bits per heavy atom. The van der Waals surface area contributed by atoms with Crippen LogP contribution in [0.15, 0.2) is 65.5 Å². The van der Waals surface area contributed by atoms with Crippen molar-refractivity contribution >= 4 is 40.8 Å². The Morgan fingerprint density at radius 3 is 2.48 bits per heavy atom. The fourth-order valence-corrected chi connectivity index (χ4v) is 3.99. The van der Waals surface area contributed by atoms with Gasteiger partial charge < -0.3 is 4.74 Å². The number of hydrogen-bond donors (Lipinski definition) is 1. The molecular weight excluding hydrogens is 434 g/mol. The molecule has 0 saturated heterocycles. The summed E-state index contributed by atoms with van der Waals surface area (Å²) in [5.74, 6) is -0.635. The smallest absolute Gasteiger partial charge is 0.338 e. The molecule has 0 amide bonds. The van der Waals surface area contributed by atoms with Crippen molar-refractivity contribution in [1.82, 2.24) is 14.5 Å². The van der Waals surface area contributed by atoms with Gasteiger partial charge in [-0.05, 0) is 42.9 Å². The molecule has 2 aromatic heterocycles. The monoisotopic (exact) mass is 451 g/mol. The summed E-state index contributed by atoms with van der Waals surface area (Å²) in [6.45, 7) is 1.96. The van der Waals surface area contributed by atoms with Gasteiger partial charge in [-0.15, -0.1) is 0 Å². The standard InChI is InChI=1S/C23H18ClN3O3S/c1-13(14-6-4-3-5-7-14)27-20-19(21(28)26-23(27)31)17(22(29)30-2)12-18(25-20)15-8-10-16(24)11-9-15/h3-13H,1-2H3,(H,26,28,31)/t13-/m0/s1. The van der Waals surface area contributed by atoms with Crippen LogP contribution in [0.1, 0.15) is 28.9 Å². The molecule has 0 radical (unpaired) electrons. The zero-order chi connectivity index (χ0) is 22.1. The summed E-state index contributed by atoms with van der Waals surface area (Å²) < 4.78 is 6.91. The maximum absolute atomic E-state index is 12.8. The Labute approximate surface area is 188 Å². The van der Waals surface area contributed by atoms with Crippen molar-refractivity contribution in [2.24, 2.45) is 0 Å². The van der Waals surface area contributed by atoms with Crippen LogP contribution < -0.4 is 5.56 Å². The van der Waals surface area contributed by atoms with Gasteiger partial charge >= 0.3 is 5.97 Å². The van der Waals surface area contributed by atoms with E-state index in [-0.39, 0.29) is 21.8 Å². The van der Waals surface area contributed by atoms with Gasteiger partial charge in [0, 0.05) is 10.6 Å². The molecule has 2 aromatic carbocycles. The molecule has 0 fully saturated rings. The number of benzene rings is 2. The van der Waals surface area contributed by atoms with E-state index < -0.39 is 11.5 Å². The average Bonchev–Trinajstić information content (AvgIpc) is 2.78. The highest BCUT2D eigenvalue weighted by molar-refractivity contribution is 7.71. The van der Waals surface area contributed by atoms with Gasteiger partial charge in [-0.25, -0.2) is 9.78 Å². The molecule has 31 heavy (non-hydrogen) atoms. The number of pyridine rings is 1. The number of aromatic amines is 1. The summed E-state index contributed by atoms with van der Waals surface area (Å²) in [6.07, 6.45) is 0. The van der Waals surface area contributed by atoms with Gasteiger partial charge in [0.1, 0.15) is 5.65 Å². The number of carbonyl (C=O) groups is 1. The van der Waals surface area contributed by atoms with Crippen LogP contribution in [0, 0.1) is 4.77 Å². The molecular formula is C23H18ClN3O3S. The minimum Gasteiger partial charge on any atom is -0.465 e. The molecule has 0 saturated carbocycles. The van der Waals surface area contributed by atoms with E-state index in [0.717, 1.165) is 11.1 Å². The lowest BCUT2D eigenvalue weighted by molar-refractivity contribution is 0.0603. The summed E-state index contributed by atoms with van der Waals surface area (Å²) in [6, 6.07) is 18.1. The largest absolute Gasteiger partial charge is 0.465 e. The third-order valence-electron chi connectivity index (χ3n) is 5.11. The lowest BCUT2D eigenvalue weighted by Gasteiger charge is -2.20. The zero-order valence-corrected chi connectivity index (χ0v) is 18.3. The first-order chi connectivity index (χ1) is 14.9. The van der Waals surface area contributed by atoms with E-state index >= 15 is 0 Å². The minimum atomic E-state index is -0.635. The SMILES string of the molecule is COC(=O)c1cc(-c2ccc(Cl)cc2)nc2c1c(=O)[nH]c(=S)n2[C@@H](C)c1ccccc1. The number of rotatable bonds is 4. The lowest BCUT2D eigenvalue weighted by atomic mass is 10.1. The van der Waals surface area contributed by atoms with E-state index in [1.54, 1.807) is 34.9 Å². The third kappa shape index (κ3) is 3.89. The first kappa shape index (κ1) is 21.0. The third-order valence-corrected chi connectivity index (χ3v) is 5.66. The Bertz CT molecular complexity index is 1400. The number of halogens is 1. The number of H-pyrrole nitrogens is 1. The Morgan fingerprint density at radius 2 is 1.84 bits per heavy atom. The molecule has 156 valence electrons. The molecule has 2 heterocycles. The summed E-state index contributed by atoms with van der Waals surface area (Å²) in [7, 11) is 1.27. The highest BCUT2D eigenvalue weighted by atomic mass is 35.5. The van der Waals surface area contributed by atoms with Crippen molar-refractivity contribution in [1.29, 1.82) is 0 Å². The highest BCUT2D eigenvalue weighted by Crippen LogP contribution is 2.28. The maximum atomic E-state index is 12.8. The number of aromatic nitrogens is 3. The van der Waals surface area contributed by atoms with Gasteiger partial charge in [-0.1, -0.05) is 54.1 Å². The van der Waals surface area contributed by atoms with Crippen molar-refractivity contribution in [3.05, 3.63) is 91.9 Å². The zero-order valence-electron chi connectivity index (χ0n) is 16.8. The summed E-state index contributed by atoms with van der Waals surface area (Å²) in [5.41, 5.74) is 2.14. The van der Waals surface area contributed by atoms with E-state index in [2.05, 4.69) is 4.98 Å². The molecule has 0 aliphatic rings. The quantitative estimate of drug-likeness (QED) is 0.342. The van der Waals surface area contributed by atoms with E-state index in [9.17, 15) is 9.59 Å². The molecule has 0 bridgehead atoms. The summed E-state index contributed by atoms with van der Waals surface area (Å²) >= 11 is 11.5. The molecule has 0 aliphatic carbocycles. The molecule has 8 heteroatoms. The lowest BCUT2D eigenvalue weighted by Crippen LogP contribution is -2.21. The first-order valence-corrected chi connectivity index (χ1v) is 10.3. The number of fused-ring (bicyclic) bond motifs is 1. The predicted molar refractivity (Wildman–Crippen MR) is 123 cm³/mol. The van der Waals surface area contributed by atoms with Gasteiger partial charge in [0.05, 0.1) is 29.8 Å². The van der Waals surface area contributed by atoms with Crippen LogP contribution in [-0.2, 0) is 4.74 Å². The van der Waals surface area contributed by atoms with Gasteiger partial charge in [0.15, 0.2) is 4.77 Å². The van der Waals surface area contributed by atoms with Gasteiger partial charge in [0.25, 0.3) is 5.56 Å². The van der Waals surface area contributed by atoms with Crippen LogP contribution in [0.2, 0.25) is 5.02 Å². The van der Waals surface area contributed by atoms with E-state index in [4.69, 9.17) is 33.5 Å². The van der Waals surface area contributed by atoms with Crippen LogP contribution in [-0.4, -0.2) is 27.6 Å². The van der Waals surface area contributed by atoms with Crippen molar-refractivity contribution in [2.75, 3.05) is 7.11 Å². The second-order valence-corrected chi connectivity index (χ2v) is 7.79. The van der Waals surface area contributed by atoms with Crippen LogP contribution in [0.5, 0.6) is 0 Å². The summed E-state index contributed by atoms with van der Waals surface area (Å²) in [5, 5.41) is 0.704. The van der Waals surface area contributed by atoms with Gasteiger partial charge in [0.2, 0.25) is 0 Å². The van der Waals surface area contributed by atoms with Crippen LogP contribution in [0.4, 0.5) is 0 Å². The number of nitrogens with one attached hydrogen (secondary N) is 1. The Balaban J connectivity index is 2.10. The fraction of sp³-hybridized carbons (Fsp3) is 0.130. The fourth-order valence-electron chi connectivity index (χ4n) is 3.53. The predicted octanol–water partition coefficient (Wildman–Crippen LogP) is 5.17. The Kier molecular flexibility index (Phi) is 5.71. The van der Waals surface area contributed by atoms with Crippen LogP contribution >= 0.6 is 23.8 Å². The average molecular weight is 452 g/mol. The second kappa shape index (κ2) is 8.45. The van der Waals surface area contributed by atoms with Crippen molar-refractivity contribution in [2.45, 2.75) is 13.0 Å². The van der Waals surface area contributed by atoms with Crippen molar-refractivity contribution in [3.63, 3.8) is 0 Å². The highest BCUT2D eigenvalue weighted by Gasteiger charge is 2.22. The maximum Gasteiger partial charge on any atom is 0.338 e. The van der Waals surface area contributed by atoms with E-state index in [1.165, 1.54) is 7.11 Å². The van der Waals surface area contributed by atoms with Crippen molar-refractivity contribution in [3.8, 4) is 11.3 Å². The first-order valence-electron chi connectivity index (χ1n) is 9.49. The van der Waals surface area contributed by atoms with Crippen molar-refractivity contribution < 1.29 is 9.53 Å². The molecule has 0 aliphatic heterocycles. The number of esters is 1. The van der Waals surface area contributed by atoms with Gasteiger partial charge in [-0.2, -0.15) is 0 Å². The van der Waals surface area contributed by atoms with Gasteiger partial charge in [-0.3, -0.25) is 14.3 Å². The van der Waals surface area contributed by atoms with E-state index in [0.29, 0.717) is 16.4 Å². The minimum absolute atomic E-state index is 0.114. The second-order valence-electron chi connectivity index (χ2n) is 6.97. The number of hydrogen-bond acceptors (Lipinski definition) is 5. The molecule has 6 nitrogen and oxygen atoms in total. The molecule has 4 aromatic rings. The summed E-state index contributed by atoms with van der Waals surface area (Å²) in [4.78, 5) is 32.9. The number of nitrogens with zero attached hydrogens (tertiary/aromatic N) is 2. The molecule has 4 rings (SSSR count). The Hall–Kier alpha value is -3.29. The molecule has 1 N–H and O–H groups in total. The number of ether oxygens (including phenoxy) is 1. The normalized spacial score (nSPS) is 12.0. The molecule has 1 atom stereocenters. The number of carbonyl (C=O) groups excluding carboxylic acids is 1.